The summed E-state index contributed by atoms with van der Waals surface area (Å²) in [6.45, 7) is 6.43. The Bertz CT molecular complexity index is 715. The number of carbonyl (C=O) groups is 1. The molecule has 1 amide bonds. The number of hydroxylamine groups is 1. The largest absolute Gasteiger partial charge is 0.385 e. The first kappa shape index (κ1) is 19.3. The van der Waals surface area contributed by atoms with Crippen molar-refractivity contribution in [2.45, 2.75) is 26.3 Å². The molecule has 0 spiro atoms. The number of likely N-dealkylation sites (tertiary alicyclic amines) is 1. The van der Waals surface area contributed by atoms with Crippen molar-refractivity contribution < 1.29 is 9.63 Å². The number of nitrogens with one attached hydrogen (secondary N) is 2. The number of anilines is 1. The lowest BCUT2D eigenvalue weighted by atomic mass is 9.96. The van der Waals surface area contributed by atoms with Gasteiger partial charge in [0.2, 0.25) is 0 Å². The highest BCUT2D eigenvalue weighted by Gasteiger charge is 2.19. The second-order valence-electron chi connectivity index (χ2n) is 6.88. The zero-order valence-corrected chi connectivity index (χ0v) is 15.9. The molecule has 1 fully saturated rings. The molecule has 6 nitrogen and oxygen atoms in total. The second kappa shape index (κ2) is 10.0. The van der Waals surface area contributed by atoms with Crippen molar-refractivity contribution in [2.24, 2.45) is 5.92 Å². The first-order valence-electron chi connectivity index (χ1n) is 9.63. The van der Waals surface area contributed by atoms with Gasteiger partial charge in [-0.05, 0) is 56.5 Å². The van der Waals surface area contributed by atoms with Gasteiger partial charge in [0.1, 0.15) is 5.69 Å². The maximum Gasteiger partial charge on any atom is 0.293 e. The minimum atomic E-state index is -0.324. The number of pyridine rings is 1. The minimum absolute atomic E-state index is 0.324. The van der Waals surface area contributed by atoms with Crippen molar-refractivity contribution in [1.29, 1.82) is 0 Å². The van der Waals surface area contributed by atoms with Gasteiger partial charge in [-0.25, -0.2) is 5.48 Å². The topological polar surface area (TPSA) is 66.5 Å². The normalized spacial score (nSPS) is 15.4. The second-order valence-corrected chi connectivity index (χ2v) is 6.88. The lowest BCUT2D eigenvalue weighted by molar-refractivity contribution is 0.0360. The Hall–Kier alpha value is -2.44. The first-order valence-corrected chi connectivity index (χ1v) is 9.63. The predicted molar refractivity (Wildman–Crippen MR) is 106 cm³/mol. The Labute approximate surface area is 160 Å². The molecule has 1 aliphatic heterocycles. The van der Waals surface area contributed by atoms with Crippen LogP contribution in [0.5, 0.6) is 0 Å². The molecule has 1 saturated heterocycles. The highest BCUT2D eigenvalue weighted by atomic mass is 16.6. The zero-order chi connectivity index (χ0) is 18.9. The van der Waals surface area contributed by atoms with E-state index in [0.717, 1.165) is 31.9 Å². The van der Waals surface area contributed by atoms with Gasteiger partial charge in [0.15, 0.2) is 0 Å². The van der Waals surface area contributed by atoms with Gasteiger partial charge in [-0.1, -0.05) is 30.3 Å². The van der Waals surface area contributed by atoms with E-state index >= 15 is 0 Å². The fraction of sp³-hybridized carbons (Fsp3) is 0.429. The van der Waals surface area contributed by atoms with Gasteiger partial charge in [0.05, 0.1) is 6.61 Å². The minimum Gasteiger partial charge on any atom is -0.385 e. The third-order valence-electron chi connectivity index (χ3n) is 4.85. The van der Waals surface area contributed by atoms with Crippen LogP contribution in [-0.2, 0) is 11.4 Å². The van der Waals surface area contributed by atoms with Gasteiger partial charge in [-0.15, -0.1) is 0 Å². The van der Waals surface area contributed by atoms with Gasteiger partial charge in [-0.3, -0.25) is 19.5 Å². The van der Waals surface area contributed by atoms with Crippen molar-refractivity contribution in [1.82, 2.24) is 15.4 Å². The van der Waals surface area contributed by atoms with E-state index in [-0.39, 0.29) is 5.91 Å². The Kier molecular flexibility index (Phi) is 7.19. The summed E-state index contributed by atoms with van der Waals surface area (Å²) < 4.78 is 0. The summed E-state index contributed by atoms with van der Waals surface area (Å²) in [5.41, 5.74) is 5.02. The van der Waals surface area contributed by atoms with E-state index < -0.39 is 0 Å². The van der Waals surface area contributed by atoms with Crippen LogP contribution in [0, 0.1) is 5.92 Å². The molecule has 0 bridgehead atoms. The van der Waals surface area contributed by atoms with Crippen LogP contribution in [0.1, 0.15) is 35.8 Å². The van der Waals surface area contributed by atoms with Crippen LogP contribution in [0.2, 0.25) is 0 Å². The van der Waals surface area contributed by atoms with Crippen LogP contribution in [0.3, 0.4) is 0 Å². The molecular formula is C21H28N4O2. The van der Waals surface area contributed by atoms with Crippen LogP contribution >= 0.6 is 0 Å². The molecule has 144 valence electrons. The van der Waals surface area contributed by atoms with E-state index in [1.165, 1.54) is 18.4 Å². The molecule has 2 heterocycles. The number of hydrogen-bond acceptors (Lipinski definition) is 5. The zero-order valence-electron chi connectivity index (χ0n) is 15.9. The summed E-state index contributed by atoms with van der Waals surface area (Å²) in [6.07, 6.45) is 4.01. The van der Waals surface area contributed by atoms with Crippen LogP contribution in [0.25, 0.3) is 0 Å². The average Bonchev–Trinajstić information content (AvgIpc) is 2.72. The Balaban J connectivity index is 1.43. The van der Waals surface area contributed by atoms with Gasteiger partial charge < -0.3 is 5.32 Å². The molecule has 2 aromatic rings. The van der Waals surface area contributed by atoms with Gasteiger partial charge >= 0.3 is 0 Å². The number of piperidine rings is 1. The van der Waals surface area contributed by atoms with Crippen molar-refractivity contribution >= 4 is 11.6 Å². The monoisotopic (exact) mass is 368 g/mol. The van der Waals surface area contributed by atoms with E-state index in [0.29, 0.717) is 18.2 Å². The van der Waals surface area contributed by atoms with Crippen LogP contribution in [0.4, 0.5) is 5.69 Å². The predicted octanol–water partition coefficient (Wildman–Crippen LogP) is 3.09. The lowest BCUT2D eigenvalue weighted by Gasteiger charge is -2.32. The molecule has 1 aromatic heterocycles. The smallest absolute Gasteiger partial charge is 0.293 e. The Morgan fingerprint density at radius 2 is 2.00 bits per heavy atom. The molecule has 2 N–H and O–H groups in total. The molecule has 27 heavy (non-hydrogen) atoms. The van der Waals surface area contributed by atoms with Crippen molar-refractivity contribution in [2.75, 3.05) is 31.6 Å². The van der Waals surface area contributed by atoms with Crippen LogP contribution < -0.4 is 10.8 Å². The summed E-state index contributed by atoms with van der Waals surface area (Å²) in [7, 11) is 0. The summed E-state index contributed by atoms with van der Waals surface area (Å²) in [5.74, 6) is 0.320. The highest BCUT2D eigenvalue weighted by molar-refractivity contribution is 5.92. The Morgan fingerprint density at radius 3 is 2.74 bits per heavy atom. The van der Waals surface area contributed by atoms with Crippen molar-refractivity contribution in [3.05, 3.63) is 59.9 Å². The SMILES string of the molecule is CCONC(=O)c1cc(NCC2CCN(Cc3ccccc3)CC2)ccn1. The maximum absolute atomic E-state index is 11.9. The Morgan fingerprint density at radius 1 is 1.22 bits per heavy atom. The summed E-state index contributed by atoms with van der Waals surface area (Å²) in [4.78, 5) is 23.5. The fourth-order valence-corrected chi connectivity index (χ4v) is 3.31. The number of benzene rings is 1. The number of amides is 1. The van der Waals surface area contributed by atoms with Crippen molar-refractivity contribution in [3.8, 4) is 0 Å². The average molecular weight is 368 g/mol. The third kappa shape index (κ3) is 6.05. The molecule has 0 unspecified atom stereocenters. The van der Waals surface area contributed by atoms with Gasteiger partial charge in [0, 0.05) is 25.0 Å². The molecule has 0 saturated carbocycles. The fourth-order valence-electron chi connectivity index (χ4n) is 3.31. The van der Waals surface area contributed by atoms with E-state index in [4.69, 9.17) is 4.84 Å². The molecule has 1 aliphatic rings. The molecule has 3 rings (SSSR count). The first-order chi connectivity index (χ1) is 13.2. The van der Waals surface area contributed by atoms with Gasteiger partial charge in [0.25, 0.3) is 5.91 Å². The van der Waals surface area contributed by atoms with E-state index in [9.17, 15) is 4.79 Å². The number of rotatable bonds is 8. The van der Waals surface area contributed by atoms with Crippen LogP contribution in [-0.4, -0.2) is 42.0 Å². The molecule has 0 atom stereocenters. The maximum atomic E-state index is 11.9. The molecular weight excluding hydrogens is 340 g/mol. The van der Waals surface area contributed by atoms with E-state index in [1.54, 1.807) is 12.3 Å². The summed E-state index contributed by atoms with van der Waals surface area (Å²) in [6, 6.07) is 14.3. The third-order valence-corrected chi connectivity index (χ3v) is 4.85. The van der Waals surface area contributed by atoms with Crippen molar-refractivity contribution in [3.63, 3.8) is 0 Å². The molecule has 0 aliphatic carbocycles. The van der Waals surface area contributed by atoms with E-state index in [1.807, 2.05) is 13.0 Å². The summed E-state index contributed by atoms with van der Waals surface area (Å²) in [5, 5.41) is 3.45. The van der Waals surface area contributed by atoms with Crippen LogP contribution in [0.15, 0.2) is 48.7 Å². The lowest BCUT2D eigenvalue weighted by Crippen LogP contribution is -2.35. The number of nitrogens with zero attached hydrogens (tertiary/aromatic N) is 2. The molecule has 1 aromatic carbocycles. The number of hydrogen-bond donors (Lipinski definition) is 2. The summed E-state index contributed by atoms with van der Waals surface area (Å²) >= 11 is 0. The number of aromatic nitrogens is 1. The van der Waals surface area contributed by atoms with Gasteiger partial charge in [-0.2, -0.15) is 0 Å². The highest BCUT2D eigenvalue weighted by Crippen LogP contribution is 2.20. The molecule has 6 heteroatoms. The molecule has 0 radical (unpaired) electrons. The standard InChI is InChI=1S/C21H28N4O2/c1-2-27-24-21(26)20-14-19(8-11-22-20)23-15-17-9-12-25(13-10-17)16-18-6-4-3-5-7-18/h3-8,11,14,17H,2,9-10,12-13,15-16H2,1H3,(H,22,23)(H,24,26). The quantitative estimate of drug-likeness (QED) is 0.701. The number of carbonyl (C=O) groups excluding carboxylic acids is 1. The van der Waals surface area contributed by atoms with E-state index in [2.05, 4.69) is 51.0 Å².